The molecule has 7 heteroatoms. The number of aryl methyl sites for hydroxylation is 2. The zero-order chi connectivity index (χ0) is 18.4. The molecule has 3 aromatic rings. The molecule has 3 aliphatic heterocycles. The highest BCUT2D eigenvalue weighted by molar-refractivity contribution is 5.57. The number of anilines is 1. The van der Waals surface area contributed by atoms with Gasteiger partial charge in [-0.1, -0.05) is 0 Å². The van der Waals surface area contributed by atoms with Gasteiger partial charge >= 0.3 is 0 Å². The number of hydrogen-bond donors (Lipinski definition) is 2. The van der Waals surface area contributed by atoms with E-state index in [9.17, 15) is 0 Å². The molecular formula is C20H23N7. The average Bonchev–Trinajstić information content (AvgIpc) is 3.05. The number of piperazine rings is 1. The van der Waals surface area contributed by atoms with Gasteiger partial charge in [0.25, 0.3) is 0 Å². The molecule has 138 valence electrons. The molecule has 27 heavy (non-hydrogen) atoms. The molecule has 2 atom stereocenters. The number of aromatic nitrogens is 5. The third-order valence-corrected chi connectivity index (χ3v) is 5.28. The minimum Gasteiger partial charge on any atom is -0.353 e. The maximum Gasteiger partial charge on any atom is 0.161 e. The summed E-state index contributed by atoms with van der Waals surface area (Å²) >= 11 is 0. The van der Waals surface area contributed by atoms with Crippen LogP contribution in [0.15, 0.2) is 30.5 Å². The predicted molar refractivity (Wildman–Crippen MR) is 104 cm³/mol. The zero-order valence-corrected chi connectivity index (χ0v) is 15.6. The van der Waals surface area contributed by atoms with E-state index in [0.717, 1.165) is 53.1 Å². The number of aromatic amines is 1. The van der Waals surface area contributed by atoms with Crippen molar-refractivity contribution in [3.63, 3.8) is 0 Å². The lowest BCUT2D eigenvalue weighted by Gasteiger charge is -2.48. The summed E-state index contributed by atoms with van der Waals surface area (Å²) in [7, 11) is 0. The van der Waals surface area contributed by atoms with Crippen LogP contribution in [0, 0.1) is 13.8 Å². The molecule has 3 aromatic heterocycles. The Morgan fingerprint density at radius 1 is 1.07 bits per heavy atom. The SMILES string of the molecule is Cc1cc(Cc2cc(C)[nH]n2)nc(-c2ccc(N3CC4CC(C3)N4)nc2)n1. The van der Waals surface area contributed by atoms with Crippen molar-refractivity contribution in [2.45, 2.75) is 38.8 Å². The molecular weight excluding hydrogens is 338 g/mol. The van der Waals surface area contributed by atoms with Crippen molar-refractivity contribution in [3.8, 4) is 11.4 Å². The first kappa shape index (κ1) is 16.4. The van der Waals surface area contributed by atoms with E-state index in [1.807, 2.05) is 32.2 Å². The van der Waals surface area contributed by atoms with Gasteiger partial charge in [0, 0.05) is 54.7 Å². The van der Waals surface area contributed by atoms with E-state index in [2.05, 4.69) is 42.5 Å². The van der Waals surface area contributed by atoms with Crippen LogP contribution in [0.2, 0.25) is 0 Å². The molecule has 3 aliphatic rings. The molecule has 2 N–H and O–H groups in total. The first-order chi connectivity index (χ1) is 13.1. The summed E-state index contributed by atoms with van der Waals surface area (Å²) in [6.45, 7) is 6.08. The smallest absolute Gasteiger partial charge is 0.161 e. The number of nitrogens with one attached hydrogen (secondary N) is 2. The Bertz CT molecular complexity index is 947. The van der Waals surface area contributed by atoms with Crippen molar-refractivity contribution in [1.82, 2.24) is 30.5 Å². The predicted octanol–water partition coefficient (Wildman–Crippen LogP) is 2.02. The largest absolute Gasteiger partial charge is 0.353 e. The highest BCUT2D eigenvalue weighted by atomic mass is 15.3. The summed E-state index contributed by atoms with van der Waals surface area (Å²) in [5.74, 6) is 1.76. The number of fused-ring (bicyclic) bond motifs is 2. The zero-order valence-electron chi connectivity index (χ0n) is 15.6. The van der Waals surface area contributed by atoms with Crippen molar-refractivity contribution in [3.05, 3.63) is 53.2 Å². The third kappa shape index (κ3) is 3.30. The molecule has 0 amide bonds. The first-order valence-corrected chi connectivity index (χ1v) is 9.45. The van der Waals surface area contributed by atoms with Crippen LogP contribution in [0.3, 0.4) is 0 Å². The van der Waals surface area contributed by atoms with Gasteiger partial charge in [-0.15, -0.1) is 0 Å². The summed E-state index contributed by atoms with van der Waals surface area (Å²) in [4.78, 5) is 16.4. The quantitative estimate of drug-likeness (QED) is 0.740. The molecule has 0 aliphatic carbocycles. The Morgan fingerprint density at radius 2 is 1.89 bits per heavy atom. The lowest BCUT2D eigenvalue weighted by atomic mass is 9.91. The van der Waals surface area contributed by atoms with Crippen LogP contribution in [0.1, 0.15) is 29.2 Å². The molecule has 0 radical (unpaired) electrons. The fraction of sp³-hybridized carbons (Fsp3) is 0.400. The summed E-state index contributed by atoms with van der Waals surface area (Å²) in [5, 5.41) is 10.8. The van der Waals surface area contributed by atoms with Crippen LogP contribution in [0.4, 0.5) is 5.82 Å². The number of hydrogen-bond acceptors (Lipinski definition) is 6. The van der Waals surface area contributed by atoms with Crippen LogP contribution in [0.5, 0.6) is 0 Å². The number of nitrogens with zero attached hydrogens (tertiary/aromatic N) is 5. The molecule has 7 nitrogen and oxygen atoms in total. The second-order valence-corrected chi connectivity index (χ2v) is 7.65. The molecule has 2 unspecified atom stereocenters. The van der Waals surface area contributed by atoms with Crippen LogP contribution < -0.4 is 10.2 Å². The van der Waals surface area contributed by atoms with Crippen LogP contribution >= 0.6 is 0 Å². The summed E-state index contributed by atoms with van der Waals surface area (Å²) in [5.41, 5.74) is 4.91. The third-order valence-electron chi connectivity index (χ3n) is 5.28. The molecule has 3 saturated heterocycles. The van der Waals surface area contributed by atoms with Gasteiger partial charge in [-0.05, 0) is 44.5 Å². The van der Waals surface area contributed by atoms with E-state index in [1.54, 1.807) is 0 Å². The van der Waals surface area contributed by atoms with Crippen LogP contribution in [0.25, 0.3) is 11.4 Å². The summed E-state index contributed by atoms with van der Waals surface area (Å²) in [6.07, 6.45) is 3.88. The topological polar surface area (TPSA) is 82.6 Å². The Labute approximate surface area is 158 Å². The minimum atomic E-state index is 0.624. The van der Waals surface area contributed by atoms with Crippen LogP contribution in [-0.2, 0) is 6.42 Å². The Morgan fingerprint density at radius 3 is 2.56 bits per heavy atom. The van der Waals surface area contributed by atoms with E-state index in [0.29, 0.717) is 18.5 Å². The number of rotatable bonds is 4. The molecule has 3 fully saturated rings. The van der Waals surface area contributed by atoms with Gasteiger partial charge in [-0.2, -0.15) is 5.10 Å². The van der Waals surface area contributed by atoms with E-state index < -0.39 is 0 Å². The Hall–Kier alpha value is -2.80. The van der Waals surface area contributed by atoms with Gasteiger partial charge in [-0.3, -0.25) is 5.10 Å². The number of piperidine rings is 1. The van der Waals surface area contributed by atoms with Crippen molar-refractivity contribution in [2.75, 3.05) is 18.0 Å². The summed E-state index contributed by atoms with van der Waals surface area (Å²) in [6, 6.07) is 9.47. The second-order valence-electron chi connectivity index (χ2n) is 7.65. The van der Waals surface area contributed by atoms with Gasteiger partial charge in [-0.25, -0.2) is 15.0 Å². The van der Waals surface area contributed by atoms with E-state index >= 15 is 0 Å². The van der Waals surface area contributed by atoms with Gasteiger partial charge in [0.15, 0.2) is 5.82 Å². The standard InChI is InChI=1S/C20H23N7/c1-12-5-15(7-16-6-13(2)25-26-16)24-20(22-12)14-3-4-19(21-9-14)27-10-17-8-18(11-27)23-17/h3-6,9,17-18,23H,7-8,10-11H2,1-2H3,(H,25,26). The lowest BCUT2D eigenvalue weighted by molar-refractivity contribution is 0.225. The van der Waals surface area contributed by atoms with Crippen molar-refractivity contribution in [2.24, 2.45) is 0 Å². The van der Waals surface area contributed by atoms with E-state index in [4.69, 9.17) is 4.98 Å². The molecule has 0 saturated carbocycles. The van der Waals surface area contributed by atoms with E-state index in [-0.39, 0.29) is 0 Å². The highest BCUT2D eigenvalue weighted by Crippen LogP contribution is 2.26. The van der Waals surface area contributed by atoms with Gasteiger partial charge < -0.3 is 10.2 Å². The monoisotopic (exact) mass is 361 g/mol. The molecule has 6 heterocycles. The molecule has 6 rings (SSSR count). The fourth-order valence-electron chi connectivity index (χ4n) is 4.01. The minimum absolute atomic E-state index is 0.624. The normalized spacial score (nSPS) is 21.2. The highest BCUT2D eigenvalue weighted by Gasteiger charge is 2.36. The number of pyridine rings is 1. The van der Waals surface area contributed by atoms with Crippen molar-refractivity contribution in [1.29, 1.82) is 0 Å². The molecule has 0 aromatic carbocycles. The molecule has 2 bridgehead atoms. The molecule has 0 spiro atoms. The van der Waals surface area contributed by atoms with Crippen molar-refractivity contribution >= 4 is 5.82 Å². The average molecular weight is 361 g/mol. The van der Waals surface area contributed by atoms with Gasteiger partial charge in [0.1, 0.15) is 5.82 Å². The Balaban J connectivity index is 1.37. The van der Waals surface area contributed by atoms with Crippen molar-refractivity contribution < 1.29 is 0 Å². The van der Waals surface area contributed by atoms with Crippen LogP contribution in [-0.4, -0.2) is 50.3 Å². The maximum atomic E-state index is 4.74. The lowest BCUT2D eigenvalue weighted by Crippen LogP contribution is -2.67. The first-order valence-electron chi connectivity index (χ1n) is 9.45. The summed E-state index contributed by atoms with van der Waals surface area (Å²) < 4.78 is 0. The second kappa shape index (κ2) is 6.42. The Kier molecular flexibility index (Phi) is 3.89. The fourth-order valence-corrected chi connectivity index (χ4v) is 4.01. The maximum absolute atomic E-state index is 4.74. The van der Waals surface area contributed by atoms with Gasteiger partial charge in [0.05, 0.1) is 11.4 Å². The van der Waals surface area contributed by atoms with E-state index in [1.165, 1.54) is 6.42 Å². The van der Waals surface area contributed by atoms with Gasteiger partial charge in [0.2, 0.25) is 0 Å². The number of H-pyrrole nitrogens is 1.